The summed E-state index contributed by atoms with van der Waals surface area (Å²) in [6.45, 7) is 4.37. The van der Waals surface area contributed by atoms with Gasteiger partial charge in [-0.2, -0.15) is 0 Å². The molecule has 0 amide bonds. The molecule has 0 radical (unpaired) electrons. The second-order valence-corrected chi connectivity index (χ2v) is 10.2. The summed E-state index contributed by atoms with van der Waals surface area (Å²) in [5, 5.41) is 24.1. The van der Waals surface area contributed by atoms with Gasteiger partial charge in [0, 0.05) is 35.1 Å². The highest BCUT2D eigenvalue weighted by atomic mass is 16.6. The van der Waals surface area contributed by atoms with Crippen molar-refractivity contribution < 1.29 is 53.0 Å². The van der Waals surface area contributed by atoms with Crippen LogP contribution in [0, 0.1) is 5.92 Å². The molecule has 3 aromatic carbocycles. The van der Waals surface area contributed by atoms with Gasteiger partial charge in [0.2, 0.25) is 11.5 Å². The number of aliphatic hydroxyl groups is 1. The van der Waals surface area contributed by atoms with Crippen LogP contribution in [0.15, 0.2) is 42.5 Å². The molecule has 0 spiro atoms. The number of benzene rings is 3. The Kier molecular flexibility index (Phi) is 8.96. The third-order valence-corrected chi connectivity index (χ3v) is 7.81. The second-order valence-electron chi connectivity index (χ2n) is 10.2. The molecule has 0 unspecified atom stereocenters. The van der Waals surface area contributed by atoms with Crippen LogP contribution in [-0.4, -0.2) is 63.3 Å². The lowest BCUT2D eigenvalue weighted by atomic mass is 9.71. The van der Waals surface area contributed by atoms with Gasteiger partial charge in [-0.3, -0.25) is 4.79 Å². The molecule has 0 bridgehead atoms. The Balaban J connectivity index is 2.21. The average molecular weight is 597 g/mol. The Morgan fingerprint density at radius 1 is 0.767 bits per heavy atom. The van der Waals surface area contributed by atoms with Crippen LogP contribution >= 0.6 is 0 Å². The Morgan fingerprint density at radius 3 is 1.86 bits per heavy atom. The van der Waals surface area contributed by atoms with E-state index in [9.17, 15) is 19.8 Å². The van der Waals surface area contributed by atoms with Crippen molar-refractivity contribution in [2.45, 2.75) is 38.6 Å². The van der Waals surface area contributed by atoms with Gasteiger partial charge in [-0.05, 0) is 31.2 Å². The van der Waals surface area contributed by atoms with Crippen molar-refractivity contribution in [1.82, 2.24) is 0 Å². The number of hydrogen-bond donors (Lipinski definition) is 2. The quantitative estimate of drug-likeness (QED) is 0.340. The van der Waals surface area contributed by atoms with Gasteiger partial charge < -0.3 is 43.4 Å². The van der Waals surface area contributed by atoms with E-state index in [2.05, 4.69) is 0 Å². The Bertz CT molecular complexity index is 1510. The molecule has 3 aromatic rings. The zero-order chi connectivity index (χ0) is 31.6. The van der Waals surface area contributed by atoms with Gasteiger partial charge in [0.25, 0.3) is 0 Å². The summed E-state index contributed by atoms with van der Waals surface area (Å²) in [5.41, 5.74) is -0.856. The summed E-state index contributed by atoms with van der Waals surface area (Å²) in [5.74, 6) is -2.05. The van der Waals surface area contributed by atoms with Crippen LogP contribution in [0.3, 0.4) is 0 Å². The predicted molar refractivity (Wildman–Crippen MR) is 155 cm³/mol. The molecule has 11 heteroatoms. The van der Waals surface area contributed by atoms with Crippen molar-refractivity contribution in [3.8, 4) is 45.6 Å². The van der Waals surface area contributed by atoms with Gasteiger partial charge in [-0.1, -0.05) is 25.1 Å². The predicted octanol–water partition coefficient (Wildman–Crippen LogP) is 5.01. The first-order chi connectivity index (χ1) is 20.5. The number of esters is 2. The van der Waals surface area contributed by atoms with Gasteiger partial charge in [-0.25, -0.2) is 4.79 Å². The SMILES string of the molecule is COc1cc2c(c(O)c1OC)-c1c(cc(OC)c(OC)c1OC)[C@@H](OC(C)=O)[C@H](C)[C@](C)(O)[C@@H]2OC(=O)c1ccccc1. The van der Waals surface area contributed by atoms with Gasteiger partial charge >= 0.3 is 11.9 Å². The van der Waals surface area contributed by atoms with E-state index in [1.54, 1.807) is 43.3 Å². The molecule has 0 saturated heterocycles. The van der Waals surface area contributed by atoms with Crippen molar-refractivity contribution in [2.24, 2.45) is 5.92 Å². The molecule has 0 saturated carbocycles. The number of methoxy groups -OCH3 is 5. The van der Waals surface area contributed by atoms with E-state index >= 15 is 0 Å². The highest BCUT2D eigenvalue weighted by Gasteiger charge is 2.51. The molecule has 0 fully saturated rings. The smallest absolute Gasteiger partial charge is 0.338 e. The fraction of sp³-hybridized carbons (Fsp3) is 0.375. The number of rotatable bonds is 8. The van der Waals surface area contributed by atoms with Crippen molar-refractivity contribution >= 4 is 11.9 Å². The highest BCUT2D eigenvalue weighted by molar-refractivity contribution is 5.91. The van der Waals surface area contributed by atoms with Crippen LogP contribution in [0.2, 0.25) is 0 Å². The van der Waals surface area contributed by atoms with Gasteiger partial charge in [0.1, 0.15) is 11.7 Å². The number of aromatic hydroxyl groups is 1. The molecular weight excluding hydrogens is 560 g/mol. The molecule has 0 aromatic heterocycles. The molecule has 43 heavy (non-hydrogen) atoms. The number of hydrogen-bond acceptors (Lipinski definition) is 11. The van der Waals surface area contributed by atoms with E-state index in [1.807, 2.05) is 0 Å². The van der Waals surface area contributed by atoms with Crippen LogP contribution in [0.1, 0.15) is 54.5 Å². The molecule has 4 atom stereocenters. The van der Waals surface area contributed by atoms with Crippen molar-refractivity contribution in [2.75, 3.05) is 35.5 Å². The summed E-state index contributed by atoms with van der Waals surface area (Å²) in [7, 11) is 7.00. The van der Waals surface area contributed by atoms with Crippen LogP contribution in [0.25, 0.3) is 11.1 Å². The standard InChI is InChI=1S/C32H36O11/c1-16-26(42-17(2)33)19-14-22(38-5)28(40-7)29(41-8)24(19)23-20(15-21(37-4)27(39-6)25(23)34)30(32(16,3)36)43-31(35)18-12-10-9-11-13-18/h9-16,26,30,34,36H,1-8H3/t16-,26-,30+,32-/m0/s1. The molecule has 230 valence electrons. The van der Waals surface area contributed by atoms with Gasteiger partial charge in [0.15, 0.2) is 29.1 Å². The molecule has 1 aliphatic carbocycles. The van der Waals surface area contributed by atoms with Crippen molar-refractivity contribution in [1.29, 1.82) is 0 Å². The first kappa shape index (κ1) is 31.3. The minimum atomic E-state index is -1.90. The van der Waals surface area contributed by atoms with Crippen molar-refractivity contribution in [3.63, 3.8) is 0 Å². The molecule has 0 aliphatic heterocycles. The number of phenols is 1. The second kappa shape index (κ2) is 12.3. The lowest BCUT2D eigenvalue weighted by Gasteiger charge is -2.43. The monoisotopic (exact) mass is 596 g/mol. The first-order valence-electron chi connectivity index (χ1n) is 13.4. The topological polar surface area (TPSA) is 139 Å². The van der Waals surface area contributed by atoms with Crippen LogP contribution < -0.4 is 23.7 Å². The third-order valence-electron chi connectivity index (χ3n) is 7.81. The van der Waals surface area contributed by atoms with E-state index in [0.29, 0.717) is 5.56 Å². The van der Waals surface area contributed by atoms with Gasteiger partial charge in [-0.15, -0.1) is 0 Å². The first-order valence-corrected chi connectivity index (χ1v) is 13.4. The van der Waals surface area contributed by atoms with Crippen molar-refractivity contribution in [3.05, 3.63) is 59.2 Å². The molecule has 4 rings (SSSR count). The maximum Gasteiger partial charge on any atom is 0.338 e. The van der Waals surface area contributed by atoms with E-state index in [4.69, 9.17) is 33.2 Å². The number of ether oxygens (including phenoxy) is 7. The number of carbonyl (C=O) groups is 2. The molecule has 1 aliphatic rings. The summed E-state index contributed by atoms with van der Waals surface area (Å²) in [6, 6.07) is 11.4. The maximum atomic E-state index is 13.5. The highest BCUT2D eigenvalue weighted by Crippen LogP contribution is 2.60. The van der Waals surface area contributed by atoms with Gasteiger partial charge in [0.05, 0.1) is 41.1 Å². The van der Waals surface area contributed by atoms with E-state index in [-0.39, 0.29) is 51.0 Å². The molecule has 0 heterocycles. The molecule has 2 N–H and O–H groups in total. The van der Waals surface area contributed by atoms with E-state index < -0.39 is 41.4 Å². The summed E-state index contributed by atoms with van der Waals surface area (Å²) >= 11 is 0. The number of carbonyl (C=O) groups excluding carboxylic acids is 2. The fourth-order valence-corrected chi connectivity index (χ4v) is 5.53. The zero-order valence-electron chi connectivity index (χ0n) is 25.3. The molecular formula is C32H36O11. The summed E-state index contributed by atoms with van der Waals surface area (Å²) < 4.78 is 40.0. The Labute approximate surface area is 249 Å². The Morgan fingerprint density at radius 2 is 1.33 bits per heavy atom. The Hall–Kier alpha value is -4.64. The van der Waals surface area contributed by atoms with E-state index in [1.165, 1.54) is 55.5 Å². The van der Waals surface area contributed by atoms with Crippen LogP contribution in [-0.2, 0) is 14.3 Å². The number of phenolic OH excluding ortho intramolecular Hbond substituents is 1. The summed E-state index contributed by atoms with van der Waals surface area (Å²) in [4.78, 5) is 26.0. The van der Waals surface area contributed by atoms with E-state index in [0.717, 1.165) is 0 Å². The van der Waals surface area contributed by atoms with Crippen LogP contribution in [0.5, 0.6) is 34.5 Å². The lowest BCUT2D eigenvalue weighted by molar-refractivity contribution is -0.166. The minimum Gasteiger partial charge on any atom is -0.504 e. The average Bonchev–Trinajstić information content (AvgIpc) is 3.00. The molecule has 11 nitrogen and oxygen atoms in total. The zero-order valence-corrected chi connectivity index (χ0v) is 25.3. The van der Waals surface area contributed by atoms with Crippen LogP contribution in [0.4, 0.5) is 0 Å². The fourth-order valence-electron chi connectivity index (χ4n) is 5.53. The largest absolute Gasteiger partial charge is 0.504 e. The minimum absolute atomic E-state index is 0.0329. The third kappa shape index (κ3) is 5.36. The summed E-state index contributed by atoms with van der Waals surface area (Å²) in [6.07, 6.45) is -2.57. The lowest BCUT2D eigenvalue weighted by Crippen LogP contribution is -2.46. The normalized spacial score (nSPS) is 20.8. The number of fused-ring (bicyclic) bond motifs is 3. The maximum absolute atomic E-state index is 13.5.